The molecule has 2 aromatic carbocycles. The molecule has 0 bridgehead atoms. The van der Waals surface area contributed by atoms with Crippen LogP contribution in [0.4, 0.5) is 13.2 Å². The molecule has 0 aliphatic carbocycles. The SMILES string of the molecule is CNCc1ccc(C)c(-c2cccc(OC(F)(F)F)c2)c1. The molecule has 0 heterocycles. The molecule has 0 amide bonds. The number of ether oxygens (including phenoxy) is 1. The quantitative estimate of drug-likeness (QED) is 0.909. The Labute approximate surface area is 121 Å². The minimum absolute atomic E-state index is 0.210. The fourth-order valence-corrected chi connectivity index (χ4v) is 2.15. The van der Waals surface area contributed by atoms with E-state index in [4.69, 9.17) is 0 Å². The molecular formula is C16H16F3NO. The largest absolute Gasteiger partial charge is 0.573 e. The van der Waals surface area contributed by atoms with Crippen molar-refractivity contribution < 1.29 is 17.9 Å². The normalized spacial score (nSPS) is 11.5. The van der Waals surface area contributed by atoms with E-state index in [9.17, 15) is 13.2 Å². The number of halogens is 3. The van der Waals surface area contributed by atoms with Crippen LogP contribution in [0.2, 0.25) is 0 Å². The summed E-state index contributed by atoms with van der Waals surface area (Å²) in [5.74, 6) is -0.210. The number of rotatable bonds is 4. The highest BCUT2D eigenvalue weighted by Gasteiger charge is 2.31. The van der Waals surface area contributed by atoms with Gasteiger partial charge in [-0.25, -0.2) is 0 Å². The smallest absolute Gasteiger partial charge is 0.406 e. The second kappa shape index (κ2) is 6.18. The zero-order valence-corrected chi connectivity index (χ0v) is 11.8. The van der Waals surface area contributed by atoms with Crippen LogP contribution < -0.4 is 10.1 Å². The highest BCUT2D eigenvalue weighted by atomic mass is 19.4. The number of hydrogen-bond donors (Lipinski definition) is 1. The summed E-state index contributed by atoms with van der Waals surface area (Å²) in [6, 6.07) is 11.9. The fourth-order valence-electron chi connectivity index (χ4n) is 2.15. The molecule has 0 fully saturated rings. The molecule has 0 radical (unpaired) electrons. The van der Waals surface area contributed by atoms with Crippen molar-refractivity contribution in [3.8, 4) is 16.9 Å². The first-order valence-electron chi connectivity index (χ1n) is 6.49. The Kier molecular flexibility index (Phi) is 4.53. The minimum atomic E-state index is -4.68. The average Bonchev–Trinajstić information content (AvgIpc) is 2.39. The molecule has 0 saturated carbocycles. The fraction of sp³-hybridized carbons (Fsp3) is 0.250. The van der Waals surface area contributed by atoms with Gasteiger partial charge in [-0.2, -0.15) is 0 Å². The van der Waals surface area contributed by atoms with Gasteiger partial charge >= 0.3 is 6.36 Å². The zero-order valence-electron chi connectivity index (χ0n) is 11.8. The van der Waals surface area contributed by atoms with E-state index in [2.05, 4.69) is 10.1 Å². The van der Waals surface area contributed by atoms with E-state index in [1.54, 1.807) is 12.1 Å². The highest BCUT2D eigenvalue weighted by molar-refractivity contribution is 5.69. The molecule has 2 aromatic rings. The molecule has 0 atom stereocenters. The molecule has 112 valence electrons. The van der Waals surface area contributed by atoms with E-state index in [1.165, 1.54) is 12.1 Å². The van der Waals surface area contributed by atoms with Crippen molar-refractivity contribution in [3.05, 3.63) is 53.6 Å². The van der Waals surface area contributed by atoms with Crippen LogP contribution in [0.15, 0.2) is 42.5 Å². The topological polar surface area (TPSA) is 21.3 Å². The second-order valence-corrected chi connectivity index (χ2v) is 4.76. The van der Waals surface area contributed by atoms with Gasteiger partial charge in [-0.1, -0.05) is 24.3 Å². The number of nitrogens with one attached hydrogen (secondary N) is 1. The molecule has 0 saturated heterocycles. The highest BCUT2D eigenvalue weighted by Crippen LogP contribution is 2.30. The average molecular weight is 295 g/mol. The summed E-state index contributed by atoms with van der Waals surface area (Å²) in [7, 11) is 1.84. The third kappa shape index (κ3) is 4.23. The maximum Gasteiger partial charge on any atom is 0.573 e. The van der Waals surface area contributed by atoms with Crippen LogP contribution in [-0.2, 0) is 6.54 Å². The summed E-state index contributed by atoms with van der Waals surface area (Å²) in [5, 5.41) is 3.05. The van der Waals surface area contributed by atoms with Crippen LogP contribution in [0.25, 0.3) is 11.1 Å². The van der Waals surface area contributed by atoms with Crippen molar-refractivity contribution in [2.75, 3.05) is 7.05 Å². The van der Waals surface area contributed by atoms with E-state index in [0.29, 0.717) is 12.1 Å². The van der Waals surface area contributed by atoms with Gasteiger partial charge in [-0.05, 0) is 54.4 Å². The van der Waals surface area contributed by atoms with Crippen LogP contribution in [0.5, 0.6) is 5.75 Å². The lowest BCUT2D eigenvalue weighted by Gasteiger charge is -2.12. The summed E-state index contributed by atoms with van der Waals surface area (Å²) in [6.45, 7) is 2.63. The van der Waals surface area contributed by atoms with E-state index in [0.717, 1.165) is 16.7 Å². The molecule has 0 aliphatic rings. The van der Waals surface area contributed by atoms with Gasteiger partial charge in [0.25, 0.3) is 0 Å². The molecule has 1 N–H and O–H groups in total. The molecule has 2 rings (SSSR count). The van der Waals surface area contributed by atoms with Crippen LogP contribution in [-0.4, -0.2) is 13.4 Å². The number of alkyl halides is 3. The molecular weight excluding hydrogens is 279 g/mol. The lowest BCUT2D eigenvalue weighted by Crippen LogP contribution is -2.17. The first-order valence-corrected chi connectivity index (χ1v) is 6.49. The van der Waals surface area contributed by atoms with Gasteiger partial charge in [0, 0.05) is 6.54 Å². The summed E-state index contributed by atoms with van der Waals surface area (Å²) >= 11 is 0. The maximum atomic E-state index is 12.3. The number of benzene rings is 2. The van der Waals surface area contributed by atoms with Gasteiger partial charge in [-0.15, -0.1) is 13.2 Å². The van der Waals surface area contributed by atoms with E-state index in [1.807, 2.05) is 32.2 Å². The van der Waals surface area contributed by atoms with Gasteiger partial charge in [0.1, 0.15) is 5.75 Å². The van der Waals surface area contributed by atoms with Crippen LogP contribution in [0.1, 0.15) is 11.1 Å². The van der Waals surface area contributed by atoms with Gasteiger partial charge in [0.15, 0.2) is 0 Å². The van der Waals surface area contributed by atoms with Crippen LogP contribution in [0, 0.1) is 6.92 Å². The van der Waals surface area contributed by atoms with Crippen molar-refractivity contribution in [1.82, 2.24) is 5.32 Å². The summed E-state index contributed by atoms with van der Waals surface area (Å²) < 4.78 is 40.8. The van der Waals surface area contributed by atoms with E-state index in [-0.39, 0.29) is 5.75 Å². The van der Waals surface area contributed by atoms with Gasteiger partial charge in [0.2, 0.25) is 0 Å². The Hall–Kier alpha value is -2.01. The predicted molar refractivity (Wildman–Crippen MR) is 76.1 cm³/mol. The third-order valence-electron chi connectivity index (χ3n) is 3.06. The van der Waals surface area contributed by atoms with Gasteiger partial charge in [0.05, 0.1) is 0 Å². The summed E-state index contributed by atoms with van der Waals surface area (Å²) in [6.07, 6.45) is -4.68. The molecule has 0 spiro atoms. The second-order valence-electron chi connectivity index (χ2n) is 4.76. The summed E-state index contributed by atoms with van der Waals surface area (Å²) in [4.78, 5) is 0. The molecule has 2 nitrogen and oxygen atoms in total. The van der Waals surface area contributed by atoms with Crippen LogP contribution >= 0.6 is 0 Å². The minimum Gasteiger partial charge on any atom is -0.406 e. The van der Waals surface area contributed by atoms with E-state index < -0.39 is 6.36 Å². The van der Waals surface area contributed by atoms with Crippen LogP contribution in [0.3, 0.4) is 0 Å². The Morgan fingerprint density at radius 3 is 2.52 bits per heavy atom. The molecule has 5 heteroatoms. The van der Waals surface area contributed by atoms with Gasteiger partial charge < -0.3 is 10.1 Å². The lowest BCUT2D eigenvalue weighted by molar-refractivity contribution is -0.274. The Morgan fingerprint density at radius 2 is 1.86 bits per heavy atom. The van der Waals surface area contributed by atoms with Crippen molar-refractivity contribution in [2.45, 2.75) is 19.8 Å². The zero-order chi connectivity index (χ0) is 15.5. The molecule has 0 aliphatic heterocycles. The first kappa shape index (κ1) is 15.4. The third-order valence-corrected chi connectivity index (χ3v) is 3.06. The lowest BCUT2D eigenvalue weighted by atomic mass is 9.98. The Bertz CT molecular complexity index is 623. The Morgan fingerprint density at radius 1 is 1.10 bits per heavy atom. The number of aryl methyl sites for hydroxylation is 1. The van der Waals surface area contributed by atoms with Crippen molar-refractivity contribution in [1.29, 1.82) is 0 Å². The van der Waals surface area contributed by atoms with Crippen molar-refractivity contribution >= 4 is 0 Å². The summed E-state index contributed by atoms with van der Waals surface area (Å²) in [5.41, 5.74) is 3.67. The first-order chi connectivity index (χ1) is 9.89. The van der Waals surface area contributed by atoms with Crippen molar-refractivity contribution in [2.24, 2.45) is 0 Å². The monoisotopic (exact) mass is 295 g/mol. The predicted octanol–water partition coefficient (Wildman–Crippen LogP) is 4.28. The van der Waals surface area contributed by atoms with E-state index >= 15 is 0 Å². The maximum absolute atomic E-state index is 12.3. The number of hydrogen-bond acceptors (Lipinski definition) is 2. The Balaban J connectivity index is 2.37. The van der Waals surface area contributed by atoms with Gasteiger partial charge in [-0.3, -0.25) is 0 Å². The standard InChI is InChI=1S/C16H16F3NO/c1-11-6-7-12(10-20-2)8-15(11)13-4-3-5-14(9-13)21-16(17,18)19/h3-9,20H,10H2,1-2H3. The van der Waals surface area contributed by atoms with Crippen molar-refractivity contribution in [3.63, 3.8) is 0 Å². The molecule has 0 unspecified atom stereocenters. The molecule has 21 heavy (non-hydrogen) atoms. The molecule has 0 aromatic heterocycles.